The highest BCUT2D eigenvalue weighted by molar-refractivity contribution is 8.76. The van der Waals surface area contributed by atoms with Crippen molar-refractivity contribution in [1.29, 1.82) is 0 Å². The third-order valence-corrected chi connectivity index (χ3v) is 4.16. The standard InChI is InChI=1S/C13H19N3O3S2/c1-13(2,3)19-12(18)16-15-10(17)7-9-20-21-11-6-4-5-8-14-11/h4-6,8H,7,9H2,1-3H3,(H,15,17)(H,16,18). The molecule has 1 rings (SSSR count). The molecule has 2 N–H and O–H groups in total. The molecular weight excluding hydrogens is 310 g/mol. The number of hydrazine groups is 1. The van der Waals surface area contributed by atoms with E-state index in [-0.39, 0.29) is 5.91 Å². The number of amides is 2. The summed E-state index contributed by atoms with van der Waals surface area (Å²) in [4.78, 5) is 27.0. The molecule has 1 heterocycles. The van der Waals surface area contributed by atoms with E-state index in [1.54, 1.807) is 27.0 Å². The van der Waals surface area contributed by atoms with Crippen molar-refractivity contribution in [2.24, 2.45) is 0 Å². The van der Waals surface area contributed by atoms with Crippen LogP contribution in [0, 0.1) is 0 Å². The number of rotatable bonds is 5. The van der Waals surface area contributed by atoms with Crippen LogP contribution in [0.3, 0.4) is 0 Å². The summed E-state index contributed by atoms with van der Waals surface area (Å²) in [5, 5.41) is 0.898. The summed E-state index contributed by atoms with van der Waals surface area (Å²) in [6.45, 7) is 5.25. The fraction of sp³-hybridized carbons (Fsp3) is 0.462. The number of carbonyl (C=O) groups excluding carboxylic acids is 2. The molecule has 21 heavy (non-hydrogen) atoms. The molecule has 0 fully saturated rings. The topological polar surface area (TPSA) is 80.3 Å². The van der Waals surface area contributed by atoms with Crippen LogP contribution in [-0.4, -0.2) is 28.3 Å². The molecule has 1 aromatic heterocycles. The van der Waals surface area contributed by atoms with Crippen molar-refractivity contribution in [2.75, 3.05) is 5.75 Å². The van der Waals surface area contributed by atoms with Gasteiger partial charge in [-0.15, -0.1) is 0 Å². The van der Waals surface area contributed by atoms with Gasteiger partial charge in [-0.05, 0) is 43.7 Å². The van der Waals surface area contributed by atoms with Gasteiger partial charge >= 0.3 is 6.09 Å². The van der Waals surface area contributed by atoms with E-state index in [1.165, 1.54) is 21.6 Å². The molecule has 0 bridgehead atoms. The minimum Gasteiger partial charge on any atom is -0.443 e. The molecule has 2 amide bonds. The van der Waals surface area contributed by atoms with E-state index >= 15 is 0 Å². The number of pyridine rings is 1. The Labute approximate surface area is 132 Å². The van der Waals surface area contributed by atoms with E-state index in [9.17, 15) is 9.59 Å². The van der Waals surface area contributed by atoms with Crippen molar-refractivity contribution in [2.45, 2.75) is 37.8 Å². The average molecular weight is 329 g/mol. The van der Waals surface area contributed by atoms with Crippen LogP contribution in [-0.2, 0) is 9.53 Å². The molecule has 0 saturated heterocycles. The summed E-state index contributed by atoms with van der Waals surface area (Å²) in [5.41, 5.74) is 3.92. The smallest absolute Gasteiger partial charge is 0.426 e. The normalized spacial score (nSPS) is 10.8. The van der Waals surface area contributed by atoms with Gasteiger partial charge in [0, 0.05) is 18.4 Å². The maximum atomic E-state index is 11.5. The lowest BCUT2D eigenvalue weighted by atomic mass is 10.2. The van der Waals surface area contributed by atoms with Gasteiger partial charge < -0.3 is 4.74 Å². The summed E-state index contributed by atoms with van der Waals surface area (Å²) < 4.78 is 4.99. The van der Waals surface area contributed by atoms with Gasteiger partial charge in [0.25, 0.3) is 0 Å². The van der Waals surface area contributed by atoms with E-state index in [2.05, 4.69) is 15.8 Å². The van der Waals surface area contributed by atoms with Gasteiger partial charge in [0.15, 0.2) is 0 Å². The monoisotopic (exact) mass is 329 g/mol. The van der Waals surface area contributed by atoms with Gasteiger partial charge in [0.1, 0.15) is 10.6 Å². The minimum absolute atomic E-state index is 0.269. The Bertz CT molecular complexity index is 463. The van der Waals surface area contributed by atoms with Crippen LogP contribution >= 0.6 is 21.6 Å². The van der Waals surface area contributed by atoms with Crippen LogP contribution in [0.5, 0.6) is 0 Å². The Balaban J connectivity index is 2.10. The number of ether oxygens (including phenoxy) is 1. The Morgan fingerprint density at radius 2 is 2.05 bits per heavy atom. The van der Waals surface area contributed by atoms with Crippen LogP contribution in [0.15, 0.2) is 29.4 Å². The molecule has 0 aromatic carbocycles. The van der Waals surface area contributed by atoms with Crippen LogP contribution in [0.25, 0.3) is 0 Å². The number of aromatic nitrogens is 1. The lowest BCUT2D eigenvalue weighted by Gasteiger charge is -2.19. The molecule has 116 valence electrons. The highest BCUT2D eigenvalue weighted by Gasteiger charge is 2.16. The first-order valence-corrected chi connectivity index (χ1v) is 8.67. The number of nitrogens with zero attached hydrogens (tertiary/aromatic N) is 1. The molecule has 8 heteroatoms. The zero-order valence-electron chi connectivity index (χ0n) is 12.2. The second kappa shape index (κ2) is 8.78. The summed E-state index contributed by atoms with van der Waals surface area (Å²) in [6.07, 6.45) is 1.34. The van der Waals surface area contributed by atoms with Crippen molar-refractivity contribution in [3.63, 3.8) is 0 Å². The fourth-order valence-corrected chi connectivity index (χ4v) is 2.99. The molecule has 0 aliphatic heterocycles. The lowest BCUT2D eigenvalue weighted by Crippen LogP contribution is -2.44. The Kier molecular flexibility index (Phi) is 7.38. The largest absolute Gasteiger partial charge is 0.443 e. The summed E-state index contributed by atoms with van der Waals surface area (Å²) in [5.74, 6) is 0.346. The Hall–Kier alpha value is -1.41. The van der Waals surface area contributed by atoms with Crippen molar-refractivity contribution in [3.8, 4) is 0 Å². The highest BCUT2D eigenvalue weighted by Crippen LogP contribution is 2.29. The fourth-order valence-electron chi connectivity index (χ4n) is 1.12. The van der Waals surface area contributed by atoms with E-state index < -0.39 is 11.7 Å². The molecule has 0 radical (unpaired) electrons. The van der Waals surface area contributed by atoms with Crippen LogP contribution in [0.2, 0.25) is 0 Å². The predicted octanol–water partition coefficient (Wildman–Crippen LogP) is 2.77. The third-order valence-electron chi connectivity index (χ3n) is 1.90. The second-order valence-corrected chi connectivity index (χ2v) is 7.43. The van der Waals surface area contributed by atoms with E-state index in [0.29, 0.717) is 12.2 Å². The minimum atomic E-state index is -0.675. The van der Waals surface area contributed by atoms with Crippen molar-refractivity contribution in [3.05, 3.63) is 24.4 Å². The zero-order chi connectivity index (χ0) is 15.7. The Morgan fingerprint density at radius 1 is 1.29 bits per heavy atom. The van der Waals surface area contributed by atoms with Gasteiger partial charge in [-0.1, -0.05) is 16.9 Å². The summed E-state index contributed by atoms with van der Waals surface area (Å²) >= 11 is 0. The van der Waals surface area contributed by atoms with Gasteiger partial charge in [-0.3, -0.25) is 10.2 Å². The van der Waals surface area contributed by atoms with Crippen LogP contribution in [0.1, 0.15) is 27.2 Å². The number of nitrogens with one attached hydrogen (secondary N) is 2. The third kappa shape index (κ3) is 9.19. The predicted molar refractivity (Wildman–Crippen MR) is 84.7 cm³/mol. The second-order valence-electron chi connectivity index (χ2n) is 5.00. The van der Waals surface area contributed by atoms with Crippen molar-refractivity contribution in [1.82, 2.24) is 15.8 Å². The van der Waals surface area contributed by atoms with E-state index in [4.69, 9.17) is 4.74 Å². The number of hydrogen-bond donors (Lipinski definition) is 2. The molecule has 0 saturated carbocycles. The summed E-state index contributed by atoms with van der Waals surface area (Å²) in [7, 11) is 3.04. The van der Waals surface area contributed by atoms with Gasteiger partial charge in [-0.25, -0.2) is 15.2 Å². The average Bonchev–Trinajstić information content (AvgIpc) is 2.41. The molecule has 0 atom stereocenters. The van der Waals surface area contributed by atoms with Crippen molar-refractivity contribution < 1.29 is 14.3 Å². The van der Waals surface area contributed by atoms with Crippen LogP contribution < -0.4 is 10.9 Å². The number of carbonyl (C=O) groups is 2. The first kappa shape index (κ1) is 17.6. The van der Waals surface area contributed by atoms with Crippen LogP contribution in [0.4, 0.5) is 4.79 Å². The molecular formula is C13H19N3O3S2. The molecule has 0 spiro atoms. The first-order valence-electron chi connectivity index (χ1n) is 6.35. The zero-order valence-corrected chi connectivity index (χ0v) is 13.8. The van der Waals surface area contributed by atoms with Gasteiger partial charge in [0.2, 0.25) is 5.91 Å². The maximum absolute atomic E-state index is 11.5. The van der Waals surface area contributed by atoms with E-state index in [0.717, 1.165) is 5.03 Å². The lowest BCUT2D eigenvalue weighted by molar-refractivity contribution is -0.121. The molecule has 0 aliphatic carbocycles. The van der Waals surface area contributed by atoms with Crippen molar-refractivity contribution >= 4 is 33.6 Å². The van der Waals surface area contributed by atoms with E-state index in [1.807, 2.05) is 18.2 Å². The van der Waals surface area contributed by atoms with Gasteiger partial charge in [0.05, 0.1) is 0 Å². The molecule has 0 unspecified atom stereocenters. The highest BCUT2D eigenvalue weighted by atomic mass is 33.1. The number of hydrogen-bond acceptors (Lipinski definition) is 6. The molecule has 1 aromatic rings. The maximum Gasteiger partial charge on any atom is 0.426 e. The quantitative estimate of drug-likeness (QED) is 0.491. The first-order chi connectivity index (χ1) is 9.87. The molecule has 6 nitrogen and oxygen atoms in total. The van der Waals surface area contributed by atoms with Gasteiger partial charge in [-0.2, -0.15) is 0 Å². The Morgan fingerprint density at radius 3 is 2.67 bits per heavy atom. The SMILES string of the molecule is CC(C)(C)OC(=O)NNC(=O)CCSSc1ccccn1. The summed E-state index contributed by atoms with van der Waals surface area (Å²) in [6, 6.07) is 5.67. The molecule has 0 aliphatic rings.